The number of nitrogens with zero attached hydrogens (tertiary/aromatic N) is 2. The third-order valence-corrected chi connectivity index (χ3v) is 3.91. The zero-order chi connectivity index (χ0) is 18.0. The molecule has 1 aromatic carbocycles. The Hall–Kier alpha value is -3.15. The van der Waals surface area contributed by atoms with E-state index in [1.165, 1.54) is 23.2 Å². The lowest BCUT2D eigenvalue weighted by atomic mass is 10.1. The molecule has 0 atom stereocenters. The largest absolute Gasteiger partial charge is 0.463 e. The summed E-state index contributed by atoms with van der Waals surface area (Å²) in [5.41, 5.74) is 4.03. The number of carbonyl (C=O) groups is 1. The van der Waals surface area contributed by atoms with E-state index < -0.39 is 0 Å². The number of aromatic nitrogens is 2. The first-order valence-electron chi connectivity index (χ1n) is 7.92. The molecule has 0 radical (unpaired) electrons. The molecular formula is C19H19N3O3. The Morgan fingerprint density at radius 2 is 1.92 bits per heavy atom. The summed E-state index contributed by atoms with van der Waals surface area (Å²) in [6.07, 6.45) is 2.87. The number of carbonyl (C=O) groups excluding carboxylic acids is 1. The van der Waals surface area contributed by atoms with Gasteiger partial charge >= 0.3 is 0 Å². The molecule has 0 saturated heterocycles. The van der Waals surface area contributed by atoms with Crippen molar-refractivity contribution in [1.82, 2.24) is 9.55 Å². The smallest absolute Gasteiger partial charge is 0.254 e. The number of amides is 1. The van der Waals surface area contributed by atoms with Crippen LogP contribution in [0.15, 0.2) is 52.1 Å². The lowest BCUT2D eigenvalue weighted by molar-refractivity contribution is -0.116. The fraction of sp³-hybridized carbons (Fsp3) is 0.211. The third-order valence-electron chi connectivity index (χ3n) is 3.91. The summed E-state index contributed by atoms with van der Waals surface area (Å²) in [4.78, 5) is 28.7. The summed E-state index contributed by atoms with van der Waals surface area (Å²) in [7, 11) is 0. The van der Waals surface area contributed by atoms with Crippen LogP contribution in [0.1, 0.15) is 16.7 Å². The van der Waals surface area contributed by atoms with Crippen molar-refractivity contribution in [2.75, 3.05) is 5.32 Å². The molecular weight excluding hydrogens is 318 g/mol. The summed E-state index contributed by atoms with van der Waals surface area (Å²) in [5.74, 6) is 0.240. The topological polar surface area (TPSA) is 77.1 Å². The molecule has 1 N–H and O–H groups in total. The van der Waals surface area contributed by atoms with Gasteiger partial charge in [0, 0.05) is 11.8 Å². The molecule has 0 aliphatic heterocycles. The fourth-order valence-corrected chi connectivity index (χ4v) is 2.81. The zero-order valence-corrected chi connectivity index (χ0v) is 14.4. The van der Waals surface area contributed by atoms with Crippen molar-refractivity contribution in [1.29, 1.82) is 0 Å². The van der Waals surface area contributed by atoms with Crippen LogP contribution in [-0.4, -0.2) is 15.5 Å². The van der Waals surface area contributed by atoms with Gasteiger partial charge in [0.2, 0.25) is 5.91 Å². The van der Waals surface area contributed by atoms with Crippen molar-refractivity contribution in [3.63, 3.8) is 0 Å². The second-order valence-electron chi connectivity index (χ2n) is 6.04. The summed E-state index contributed by atoms with van der Waals surface area (Å²) in [6, 6.07) is 8.82. The highest BCUT2D eigenvalue weighted by Crippen LogP contribution is 2.21. The van der Waals surface area contributed by atoms with Crippen molar-refractivity contribution in [2.45, 2.75) is 27.3 Å². The molecule has 3 aromatic rings. The fourth-order valence-electron chi connectivity index (χ4n) is 2.81. The maximum Gasteiger partial charge on any atom is 0.254 e. The number of hydrogen-bond donors (Lipinski definition) is 1. The molecule has 0 fully saturated rings. The Kier molecular flexibility index (Phi) is 4.52. The highest BCUT2D eigenvalue weighted by molar-refractivity contribution is 5.92. The molecule has 0 unspecified atom stereocenters. The molecule has 3 rings (SSSR count). The van der Waals surface area contributed by atoms with Gasteiger partial charge in [0.1, 0.15) is 12.2 Å². The summed E-state index contributed by atoms with van der Waals surface area (Å²) >= 11 is 0. The van der Waals surface area contributed by atoms with Crippen LogP contribution in [0.3, 0.4) is 0 Å². The molecule has 2 aromatic heterocycles. The predicted molar refractivity (Wildman–Crippen MR) is 95.5 cm³/mol. The van der Waals surface area contributed by atoms with Crippen molar-refractivity contribution in [2.24, 2.45) is 0 Å². The summed E-state index contributed by atoms with van der Waals surface area (Å²) in [6.45, 7) is 5.80. The average molecular weight is 337 g/mol. The Balaban J connectivity index is 1.77. The minimum Gasteiger partial charge on any atom is -0.463 e. The quantitative estimate of drug-likeness (QED) is 0.794. The number of anilines is 1. The van der Waals surface area contributed by atoms with E-state index in [1.54, 1.807) is 12.1 Å². The van der Waals surface area contributed by atoms with Crippen LogP contribution in [-0.2, 0) is 11.3 Å². The van der Waals surface area contributed by atoms with E-state index in [1.807, 2.05) is 32.9 Å². The van der Waals surface area contributed by atoms with E-state index in [-0.39, 0.29) is 18.0 Å². The molecule has 128 valence electrons. The van der Waals surface area contributed by atoms with Crippen LogP contribution >= 0.6 is 0 Å². The van der Waals surface area contributed by atoms with E-state index in [0.717, 1.165) is 22.4 Å². The zero-order valence-electron chi connectivity index (χ0n) is 14.4. The van der Waals surface area contributed by atoms with E-state index in [0.29, 0.717) is 11.5 Å². The number of aryl methyl sites for hydroxylation is 3. The van der Waals surface area contributed by atoms with Gasteiger partial charge in [-0.3, -0.25) is 14.2 Å². The second-order valence-corrected chi connectivity index (χ2v) is 6.04. The van der Waals surface area contributed by atoms with Crippen LogP contribution < -0.4 is 10.9 Å². The van der Waals surface area contributed by atoms with Gasteiger partial charge in [0.25, 0.3) is 5.56 Å². The van der Waals surface area contributed by atoms with Crippen LogP contribution in [0.25, 0.3) is 11.5 Å². The van der Waals surface area contributed by atoms with Gasteiger partial charge in [-0.25, -0.2) is 4.98 Å². The first kappa shape index (κ1) is 16.7. The minimum atomic E-state index is -0.311. The van der Waals surface area contributed by atoms with Gasteiger partial charge < -0.3 is 9.73 Å². The van der Waals surface area contributed by atoms with Gasteiger partial charge in [-0.2, -0.15) is 0 Å². The second kappa shape index (κ2) is 6.76. The highest BCUT2D eigenvalue weighted by atomic mass is 16.3. The van der Waals surface area contributed by atoms with Crippen molar-refractivity contribution >= 4 is 11.6 Å². The predicted octanol–water partition coefficient (Wildman–Crippen LogP) is 3.07. The van der Waals surface area contributed by atoms with E-state index >= 15 is 0 Å². The van der Waals surface area contributed by atoms with Gasteiger partial charge in [0.05, 0.1) is 12.6 Å². The van der Waals surface area contributed by atoms with Gasteiger partial charge in [-0.1, -0.05) is 17.7 Å². The number of rotatable bonds is 4. The first-order chi connectivity index (χ1) is 11.9. The minimum absolute atomic E-state index is 0.100. The third kappa shape index (κ3) is 3.68. The maximum absolute atomic E-state index is 12.3. The number of hydrogen-bond acceptors (Lipinski definition) is 4. The lowest BCUT2D eigenvalue weighted by Crippen LogP contribution is -2.27. The molecule has 0 saturated carbocycles. The van der Waals surface area contributed by atoms with E-state index in [9.17, 15) is 9.59 Å². The first-order valence-corrected chi connectivity index (χ1v) is 7.92. The SMILES string of the molecule is Cc1cc(C)c(NC(=O)Cn2cnc(-c3ccco3)cc2=O)c(C)c1. The molecule has 2 heterocycles. The Morgan fingerprint density at radius 3 is 2.52 bits per heavy atom. The average Bonchev–Trinajstić information content (AvgIpc) is 3.07. The van der Waals surface area contributed by atoms with E-state index in [2.05, 4.69) is 10.3 Å². The molecule has 0 bridgehead atoms. The highest BCUT2D eigenvalue weighted by Gasteiger charge is 2.11. The van der Waals surface area contributed by atoms with E-state index in [4.69, 9.17) is 4.42 Å². The van der Waals surface area contributed by atoms with Crippen LogP contribution in [0.5, 0.6) is 0 Å². The monoisotopic (exact) mass is 337 g/mol. The van der Waals surface area contributed by atoms with Crippen LogP contribution in [0, 0.1) is 20.8 Å². The standard InChI is InChI=1S/C19H19N3O3/c1-12-7-13(2)19(14(3)8-12)21-17(23)10-22-11-20-15(9-18(22)24)16-5-4-6-25-16/h4-9,11H,10H2,1-3H3,(H,21,23). The molecule has 0 spiro atoms. The summed E-state index contributed by atoms with van der Waals surface area (Å²) < 4.78 is 6.49. The van der Waals surface area contributed by atoms with Gasteiger partial charge in [0.15, 0.2) is 5.76 Å². The maximum atomic E-state index is 12.3. The van der Waals surface area contributed by atoms with Gasteiger partial charge in [-0.05, 0) is 44.0 Å². The molecule has 0 aliphatic carbocycles. The summed E-state index contributed by atoms with van der Waals surface area (Å²) in [5, 5.41) is 2.88. The Bertz CT molecular complexity index is 949. The normalized spacial score (nSPS) is 10.7. The van der Waals surface area contributed by atoms with Crippen LogP contribution in [0.2, 0.25) is 0 Å². The Labute approximate surface area is 145 Å². The van der Waals surface area contributed by atoms with Crippen molar-refractivity contribution < 1.29 is 9.21 Å². The van der Waals surface area contributed by atoms with Crippen LogP contribution in [0.4, 0.5) is 5.69 Å². The molecule has 25 heavy (non-hydrogen) atoms. The number of nitrogens with one attached hydrogen (secondary N) is 1. The molecule has 6 nitrogen and oxygen atoms in total. The molecule has 1 amide bonds. The molecule has 0 aliphatic rings. The molecule has 6 heteroatoms. The number of furan rings is 1. The number of benzene rings is 1. The van der Waals surface area contributed by atoms with Crippen molar-refractivity contribution in [3.05, 3.63) is 70.0 Å². The van der Waals surface area contributed by atoms with Gasteiger partial charge in [-0.15, -0.1) is 0 Å². The Morgan fingerprint density at radius 1 is 1.20 bits per heavy atom. The van der Waals surface area contributed by atoms with Crippen molar-refractivity contribution in [3.8, 4) is 11.5 Å². The lowest BCUT2D eigenvalue weighted by Gasteiger charge is -2.13.